The molecule has 32 heavy (non-hydrogen) atoms. The molecule has 3 aromatic rings. The molecule has 1 amide bonds. The van der Waals surface area contributed by atoms with Crippen molar-refractivity contribution in [3.05, 3.63) is 78.4 Å². The van der Waals surface area contributed by atoms with Crippen LogP contribution in [0.15, 0.2) is 72.8 Å². The molecular formula is C24H24N2O5S. The van der Waals surface area contributed by atoms with Gasteiger partial charge in [-0.1, -0.05) is 30.3 Å². The Kier molecular flexibility index (Phi) is 8.28. The molecule has 0 atom stereocenters. The van der Waals surface area contributed by atoms with Crippen LogP contribution in [-0.2, 0) is 0 Å². The molecule has 0 aliphatic carbocycles. The quantitative estimate of drug-likeness (QED) is 0.370. The first-order valence-electron chi connectivity index (χ1n) is 9.84. The molecule has 0 aliphatic heterocycles. The number of benzene rings is 3. The standard InChI is InChI=1S/C24H24N2O5S/c1-28-18-12-13-22(29-2)20(16-18)25-24(32)26-23(27)19-10-6-7-11-21(19)31-15-14-30-17-8-4-3-5-9-17/h3-13,16H,14-15H2,1-2H3,(H2,25,26,27,32). The van der Waals surface area contributed by atoms with E-state index in [1.807, 2.05) is 30.3 Å². The lowest BCUT2D eigenvalue weighted by Crippen LogP contribution is -2.34. The first-order chi connectivity index (χ1) is 15.6. The van der Waals surface area contributed by atoms with Crippen LogP contribution in [0, 0.1) is 0 Å². The van der Waals surface area contributed by atoms with E-state index in [2.05, 4.69) is 10.6 Å². The van der Waals surface area contributed by atoms with Crippen molar-refractivity contribution in [3.63, 3.8) is 0 Å². The zero-order valence-electron chi connectivity index (χ0n) is 17.8. The van der Waals surface area contributed by atoms with Crippen LogP contribution in [0.2, 0.25) is 0 Å². The Morgan fingerprint density at radius 3 is 2.28 bits per heavy atom. The van der Waals surface area contributed by atoms with Gasteiger partial charge in [-0.05, 0) is 48.6 Å². The Morgan fingerprint density at radius 2 is 1.53 bits per heavy atom. The highest BCUT2D eigenvalue weighted by Crippen LogP contribution is 2.28. The van der Waals surface area contributed by atoms with Crippen molar-refractivity contribution in [1.29, 1.82) is 0 Å². The minimum absolute atomic E-state index is 0.115. The van der Waals surface area contributed by atoms with Gasteiger partial charge in [0.2, 0.25) is 0 Å². The summed E-state index contributed by atoms with van der Waals surface area (Å²) in [6.45, 7) is 0.623. The summed E-state index contributed by atoms with van der Waals surface area (Å²) in [6.07, 6.45) is 0. The van der Waals surface area contributed by atoms with Gasteiger partial charge in [0.15, 0.2) is 5.11 Å². The third-order valence-electron chi connectivity index (χ3n) is 4.37. The topological polar surface area (TPSA) is 78.1 Å². The Morgan fingerprint density at radius 1 is 0.812 bits per heavy atom. The molecule has 0 saturated heterocycles. The van der Waals surface area contributed by atoms with Crippen LogP contribution in [0.4, 0.5) is 5.69 Å². The van der Waals surface area contributed by atoms with E-state index in [9.17, 15) is 4.79 Å². The number of hydrogen-bond acceptors (Lipinski definition) is 6. The molecule has 0 spiro atoms. The highest BCUT2D eigenvalue weighted by molar-refractivity contribution is 7.80. The van der Waals surface area contributed by atoms with Crippen molar-refractivity contribution < 1.29 is 23.7 Å². The second-order valence-electron chi connectivity index (χ2n) is 6.48. The molecule has 8 heteroatoms. The number of anilines is 1. The molecule has 3 aromatic carbocycles. The average Bonchev–Trinajstić information content (AvgIpc) is 2.82. The highest BCUT2D eigenvalue weighted by atomic mass is 32.1. The second-order valence-corrected chi connectivity index (χ2v) is 6.89. The average molecular weight is 453 g/mol. The maximum Gasteiger partial charge on any atom is 0.261 e. The largest absolute Gasteiger partial charge is 0.497 e. The van der Waals surface area contributed by atoms with E-state index >= 15 is 0 Å². The highest BCUT2D eigenvalue weighted by Gasteiger charge is 2.15. The molecule has 0 aliphatic rings. The molecule has 0 bridgehead atoms. The molecule has 166 valence electrons. The van der Waals surface area contributed by atoms with Gasteiger partial charge in [0.1, 0.15) is 36.2 Å². The Labute approximate surface area is 192 Å². The van der Waals surface area contributed by atoms with E-state index in [0.717, 1.165) is 5.75 Å². The zero-order chi connectivity index (χ0) is 22.8. The van der Waals surface area contributed by atoms with Gasteiger partial charge in [-0.25, -0.2) is 0 Å². The fourth-order valence-corrected chi connectivity index (χ4v) is 3.05. The van der Waals surface area contributed by atoms with Crippen molar-refractivity contribution in [2.75, 3.05) is 32.8 Å². The molecule has 0 heterocycles. The fraction of sp³-hybridized carbons (Fsp3) is 0.167. The van der Waals surface area contributed by atoms with E-state index in [1.165, 1.54) is 0 Å². The number of rotatable bonds is 9. The van der Waals surface area contributed by atoms with E-state index in [4.69, 9.17) is 31.2 Å². The minimum Gasteiger partial charge on any atom is -0.497 e. The Hall–Kier alpha value is -3.78. The van der Waals surface area contributed by atoms with Crippen molar-refractivity contribution in [2.24, 2.45) is 0 Å². The molecule has 0 radical (unpaired) electrons. The third-order valence-corrected chi connectivity index (χ3v) is 4.57. The summed E-state index contributed by atoms with van der Waals surface area (Å²) in [7, 11) is 3.11. The van der Waals surface area contributed by atoms with Gasteiger partial charge in [-0.3, -0.25) is 10.1 Å². The summed E-state index contributed by atoms with van der Waals surface area (Å²) in [6, 6.07) is 21.6. The van der Waals surface area contributed by atoms with Crippen LogP contribution in [0.25, 0.3) is 0 Å². The van der Waals surface area contributed by atoms with Crippen molar-refractivity contribution in [3.8, 4) is 23.0 Å². The number of hydrogen-bond donors (Lipinski definition) is 2. The number of thiocarbonyl (C=S) groups is 1. The Balaban J connectivity index is 1.58. The van der Waals surface area contributed by atoms with Crippen LogP contribution in [0.1, 0.15) is 10.4 Å². The van der Waals surface area contributed by atoms with Crippen molar-refractivity contribution in [1.82, 2.24) is 5.32 Å². The second kappa shape index (κ2) is 11.6. The monoisotopic (exact) mass is 452 g/mol. The predicted octanol–water partition coefficient (Wildman–Crippen LogP) is 4.29. The van der Waals surface area contributed by atoms with Crippen LogP contribution in [-0.4, -0.2) is 38.5 Å². The predicted molar refractivity (Wildman–Crippen MR) is 127 cm³/mol. The number of ether oxygens (including phenoxy) is 4. The number of amides is 1. The SMILES string of the molecule is COc1ccc(OC)c(NC(=S)NC(=O)c2ccccc2OCCOc2ccccc2)c1. The van der Waals surface area contributed by atoms with Gasteiger partial charge < -0.3 is 24.3 Å². The number of carbonyl (C=O) groups excluding carboxylic acids is 1. The van der Waals surface area contributed by atoms with Crippen LogP contribution >= 0.6 is 12.2 Å². The number of carbonyl (C=O) groups is 1. The van der Waals surface area contributed by atoms with Gasteiger partial charge in [0.05, 0.1) is 25.5 Å². The molecule has 3 rings (SSSR count). The lowest BCUT2D eigenvalue weighted by atomic mass is 10.2. The number of para-hydroxylation sites is 2. The molecule has 0 saturated carbocycles. The third kappa shape index (κ3) is 6.36. The Bertz CT molecular complexity index is 1060. The van der Waals surface area contributed by atoms with Crippen LogP contribution < -0.4 is 29.6 Å². The molecule has 0 unspecified atom stereocenters. The maximum absolute atomic E-state index is 12.8. The van der Waals surface area contributed by atoms with Gasteiger partial charge in [0.25, 0.3) is 5.91 Å². The number of nitrogens with one attached hydrogen (secondary N) is 2. The van der Waals surface area contributed by atoms with Crippen molar-refractivity contribution in [2.45, 2.75) is 0 Å². The molecule has 7 nitrogen and oxygen atoms in total. The lowest BCUT2D eigenvalue weighted by Gasteiger charge is -2.15. The van der Waals surface area contributed by atoms with Gasteiger partial charge in [-0.2, -0.15) is 0 Å². The maximum atomic E-state index is 12.8. The van der Waals surface area contributed by atoms with Crippen LogP contribution in [0.5, 0.6) is 23.0 Å². The summed E-state index contributed by atoms with van der Waals surface area (Å²) in [5.41, 5.74) is 0.925. The molecular weight excluding hydrogens is 428 g/mol. The van der Waals surface area contributed by atoms with Crippen LogP contribution in [0.3, 0.4) is 0 Å². The summed E-state index contributed by atoms with van der Waals surface area (Å²) in [5, 5.41) is 5.74. The number of methoxy groups -OCH3 is 2. The molecule has 0 aromatic heterocycles. The van der Waals surface area contributed by atoms with Gasteiger partial charge in [-0.15, -0.1) is 0 Å². The fourth-order valence-electron chi connectivity index (χ4n) is 2.84. The van der Waals surface area contributed by atoms with E-state index < -0.39 is 5.91 Å². The normalized spacial score (nSPS) is 10.1. The minimum atomic E-state index is -0.399. The molecule has 0 fully saturated rings. The summed E-state index contributed by atoms with van der Waals surface area (Å²) in [5.74, 6) is 1.97. The zero-order valence-corrected chi connectivity index (χ0v) is 18.6. The summed E-state index contributed by atoms with van der Waals surface area (Å²) < 4.78 is 21.9. The van der Waals surface area contributed by atoms with Crippen molar-refractivity contribution >= 4 is 28.9 Å². The first kappa shape index (κ1) is 22.9. The van der Waals surface area contributed by atoms with E-state index in [-0.39, 0.29) is 11.7 Å². The first-order valence-corrected chi connectivity index (χ1v) is 10.3. The van der Waals surface area contributed by atoms with Gasteiger partial charge >= 0.3 is 0 Å². The van der Waals surface area contributed by atoms with Gasteiger partial charge in [0, 0.05) is 6.07 Å². The molecule has 2 N–H and O–H groups in total. The summed E-state index contributed by atoms with van der Waals surface area (Å²) >= 11 is 5.30. The smallest absolute Gasteiger partial charge is 0.261 e. The van der Waals surface area contributed by atoms with E-state index in [1.54, 1.807) is 56.7 Å². The van der Waals surface area contributed by atoms with E-state index in [0.29, 0.717) is 35.1 Å². The summed E-state index contributed by atoms with van der Waals surface area (Å²) in [4.78, 5) is 12.8. The lowest BCUT2D eigenvalue weighted by molar-refractivity contribution is 0.0972.